The smallest absolute Gasteiger partial charge is 1.00 e. The van der Waals surface area contributed by atoms with Gasteiger partial charge in [-0.2, -0.15) is 0 Å². The molecule has 0 spiro atoms. The Morgan fingerprint density at radius 1 is 1.25 bits per heavy atom. The maximum Gasteiger partial charge on any atom is 2.00 e. The van der Waals surface area contributed by atoms with E-state index in [0.29, 0.717) is 6.54 Å². The van der Waals surface area contributed by atoms with Crippen molar-refractivity contribution in [2.24, 2.45) is 5.73 Å². The van der Waals surface area contributed by atoms with E-state index in [2.05, 4.69) is 0 Å². The van der Waals surface area contributed by atoms with Gasteiger partial charge in [0.2, 0.25) is 0 Å². The zero-order chi connectivity index (χ0) is 6.69. The van der Waals surface area contributed by atoms with Gasteiger partial charge in [-0.25, -0.2) is 4.39 Å². The van der Waals surface area contributed by atoms with Gasteiger partial charge in [-0.3, -0.25) is 0 Å². The van der Waals surface area contributed by atoms with Gasteiger partial charge < -0.3 is 39.7 Å². The molecule has 0 fully saturated rings. The molecule has 0 aliphatic carbocycles. The first-order valence-electron chi connectivity index (χ1n) is 2.77. The topological polar surface area (TPSA) is 26.0 Å². The molecule has 0 saturated carbocycles. The summed E-state index contributed by atoms with van der Waals surface area (Å²) in [5.41, 5.74) is 6.08. The van der Waals surface area contributed by atoms with Crippen molar-refractivity contribution in [2.45, 2.75) is 6.54 Å². The minimum absolute atomic E-state index is 0. The third-order valence-corrected chi connectivity index (χ3v) is 1.12. The molecule has 0 radical (unpaired) electrons. The van der Waals surface area contributed by atoms with Crippen molar-refractivity contribution in [3.05, 3.63) is 35.6 Å². The molecule has 0 heterocycles. The molecule has 0 amide bonds. The molecule has 0 unspecified atom stereocenters. The van der Waals surface area contributed by atoms with Crippen LogP contribution in [0.15, 0.2) is 24.3 Å². The number of hydrogen-bond donors (Lipinski definition) is 1. The van der Waals surface area contributed by atoms with Gasteiger partial charge in [0.15, 0.2) is 0 Å². The van der Waals surface area contributed by atoms with Crippen molar-refractivity contribution in [3.8, 4) is 0 Å². The largest absolute Gasteiger partial charge is 2.00 e. The monoisotopic (exact) mass is 307 g/mol. The molecule has 64 valence electrons. The Morgan fingerprint density at radius 3 is 2.17 bits per heavy atom. The maximum atomic E-state index is 12.3. The average molecular weight is 309 g/mol. The number of halogens is 3. The van der Waals surface area contributed by atoms with Crippen LogP contribution in [0.3, 0.4) is 0 Å². The van der Waals surface area contributed by atoms with Crippen LogP contribution in [-0.2, 0) is 6.54 Å². The minimum atomic E-state index is -0.224. The maximum absolute atomic E-state index is 12.3. The van der Waals surface area contributed by atoms with Crippen LogP contribution in [0.5, 0.6) is 0 Å². The van der Waals surface area contributed by atoms with E-state index in [9.17, 15) is 4.39 Å². The summed E-state index contributed by atoms with van der Waals surface area (Å²) in [6.07, 6.45) is 0. The third kappa shape index (κ3) is 6.36. The zero-order valence-corrected chi connectivity index (χ0v) is 11.0. The van der Waals surface area contributed by atoms with E-state index >= 15 is 0 Å². The van der Waals surface area contributed by atoms with Crippen molar-refractivity contribution >= 4 is 23.1 Å². The van der Waals surface area contributed by atoms with Crippen LogP contribution in [0.4, 0.5) is 4.39 Å². The molecule has 1 nitrogen and oxygen atoms in total. The van der Waals surface area contributed by atoms with Gasteiger partial charge in [0.1, 0.15) is 5.82 Å². The molecule has 0 aliphatic heterocycles. The Hall–Kier alpha value is 0.836. The Kier molecular flexibility index (Phi) is 15.4. The van der Waals surface area contributed by atoms with E-state index in [0.717, 1.165) is 5.56 Å². The molecular formula is C7H8Br2FMgN. The second-order valence-electron chi connectivity index (χ2n) is 1.83. The quantitative estimate of drug-likeness (QED) is 0.516. The fraction of sp³-hybridized carbons (Fsp3) is 0.143. The van der Waals surface area contributed by atoms with Gasteiger partial charge in [0, 0.05) is 6.54 Å². The van der Waals surface area contributed by atoms with E-state index in [4.69, 9.17) is 5.73 Å². The Bertz CT molecular complexity index is 210. The molecule has 1 aromatic carbocycles. The summed E-state index contributed by atoms with van der Waals surface area (Å²) in [6.45, 7) is 0.401. The third-order valence-electron chi connectivity index (χ3n) is 1.12. The van der Waals surface area contributed by atoms with Gasteiger partial charge in [-0.15, -0.1) is 0 Å². The van der Waals surface area contributed by atoms with Crippen LogP contribution >= 0.6 is 0 Å². The van der Waals surface area contributed by atoms with Crippen molar-refractivity contribution in [2.75, 3.05) is 0 Å². The zero-order valence-electron chi connectivity index (χ0n) is 6.43. The number of benzene rings is 1. The van der Waals surface area contributed by atoms with Crippen molar-refractivity contribution in [3.63, 3.8) is 0 Å². The predicted molar refractivity (Wildman–Crippen MR) is 40.0 cm³/mol. The average Bonchev–Trinajstić information content (AvgIpc) is 1.88. The molecule has 0 atom stereocenters. The SMILES string of the molecule is NCc1cccc(F)c1.[Br-].[Br-].[Mg+2]. The standard InChI is InChI=1S/C7H8FN.2BrH.Mg/c8-7-3-1-2-6(4-7)5-9;;;/h1-4H,5,9H2;2*1H;/q;;;+2/p-2. The van der Waals surface area contributed by atoms with Crippen LogP contribution in [0, 0.1) is 5.82 Å². The Morgan fingerprint density at radius 2 is 1.83 bits per heavy atom. The predicted octanol–water partition coefficient (Wildman–Crippen LogP) is -5.09. The summed E-state index contributed by atoms with van der Waals surface area (Å²) < 4.78 is 12.3. The molecule has 1 rings (SSSR count). The summed E-state index contributed by atoms with van der Waals surface area (Å²) in [5, 5.41) is 0. The van der Waals surface area contributed by atoms with E-state index in [1.54, 1.807) is 12.1 Å². The van der Waals surface area contributed by atoms with Gasteiger partial charge in [-0.05, 0) is 17.7 Å². The summed E-state index contributed by atoms with van der Waals surface area (Å²) in [7, 11) is 0. The molecule has 0 aromatic heterocycles. The van der Waals surface area contributed by atoms with Crippen LogP contribution in [0.1, 0.15) is 5.56 Å². The van der Waals surface area contributed by atoms with Crippen LogP contribution < -0.4 is 39.7 Å². The molecule has 12 heavy (non-hydrogen) atoms. The normalized spacial score (nSPS) is 7.17. The molecule has 5 heteroatoms. The minimum Gasteiger partial charge on any atom is -1.00 e. The van der Waals surface area contributed by atoms with E-state index in [-0.39, 0.29) is 62.8 Å². The van der Waals surface area contributed by atoms with E-state index in [1.807, 2.05) is 0 Å². The second-order valence-corrected chi connectivity index (χ2v) is 1.83. The van der Waals surface area contributed by atoms with Crippen molar-refractivity contribution < 1.29 is 38.4 Å². The molecule has 0 saturated heterocycles. The number of hydrogen-bond acceptors (Lipinski definition) is 1. The first-order chi connectivity index (χ1) is 4.33. The van der Waals surface area contributed by atoms with Gasteiger partial charge >= 0.3 is 23.1 Å². The van der Waals surface area contributed by atoms with E-state index < -0.39 is 0 Å². The van der Waals surface area contributed by atoms with Gasteiger partial charge in [-0.1, -0.05) is 12.1 Å². The van der Waals surface area contributed by atoms with E-state index in [1.165, 1.54) is 12.1 Å². The van der Waals surface area contributed by atoms with Crippen molar-refractivity contribution in [1.82, 2.24) is 0 Å². The summed E-state index contributed by atoms with van der Waals surface area (Å²) >= 11 is 0. The summed E-state index contributed by atoms with van der Waals surface area (Å²) in [6, 6.07) is 6.28. The first kappa shape index (κ1) is 18.6. The van der Waals surface area contributed by atoms with Gasteiger partial charge in [0.05, 0.1) is 0 Å². The number of rotatable bonds is 1. The van der Waals surface area contributed by atoms with Crippen molar-refractivity contribution in [1.29, 1.82) is 0 Å². The van der Waals surface area contributed by atoms with Crippen LogP contribution in [0.2, 0.25) is 0 Å². The summed E-state index contributed by atoms with van der Waals surface area (Å²) in [4.78, 5) is 0. The Labute approximate surface area is 109 Å². The summed E-state index contributed by atoms with van der Waals surface area (Å²) in [5.74, 6) is -0.224. The molecular weight excluding hydrogens is 301 g/mol. The molecule has 0 bridgehead atoms. The van der Waals surface area contributed by atoms with Gasteiger partial charge in [0.25, 0.3) is 0 Å². The molecule has 0 aliphatic rings. The fourth-order valence-corrected chi connectivity index (χ4v) is 0.664. The first-order valence-corrected chi connectivity index (χ1v) is 2.77. The second kappa shape index (κ2) is 9.92. The molecule has 1 aromatic rings. The molecule has 2 N–H and O–H groups in total. The fourth-order valence-electron chi connectivity index (χ4n) is 0.664. The van der Waals surface area contributed by atoms with Crippen LogP contribution in [-0.4, -0.2) is 23.1 Å². The Balaban J connectivity index is -0.000000270. The van der Waals surface area contributed by atoms with Crippen LogP contribution in [0.25, 0.3) is 0 Å². The number of nitrogens with two attached hydrogens (primary N) is 1.